The van der Waals surface area contributed by atoms with E-state index in [2.05, 4.69) is 4.99 Å². The normalized spacial score (nSPS) is 21.2. The predicted octanol–water partition coefficient (Wildman–Crippen LogP) is 3.23. The number of hydrogen-bond donors (Lipinski definition) is 2. The van der Waals surface area contributed by atoms with Crippen LogP contribution in [-0.2, 0) is 9.36 Å². The highest BCUT2D eigenvalue weighted by atomic mass is 32.2. The number of rotatable bonds is 4. The lowest BCUT2D eigenvalue weighted by atomic mass is 10.1. The molecule has 3 aliphatic heterocycles. The summed E-state index contributed by atoms with van der Waals surface area (Å²) in [6.07, 6.45) is 4.84. The lowest BCUT2D eigenvalue weighted by molar-refractivity contribution is -0.113. The maximum Gasteiger partial charge on any atom is 0.415 e. The van der Waals surface area contributed by atoms with Gasteiger partial charge in [-0.3, -0.25) is 14.4 Å². The number of amides is 2. The van der Waals surface area contributed by atoms with E-state index in [-0.39, 0.29) is 10.7 Å². The van der Waals surface area contributed by atoms with Crippen LogP contribution in [0.1, 0.15) is 37.7 Å². The van der Waals surface area contributed by atoms with Crippen molar-refractivity contribution in [3.05, 3.63) is 34.5 Å². The molecular formula is C21H26FN4O6PS. The summed E-state index contributed by atoms with van der Waals surface area (Å²) in [5, 5.41) is 3.45. The second kappa shape index (κ2) is 10.6. The summed E-state index contributed by atoms with van der Waals surface area (Å²) in [6, 6.07) is 3.74. The van der Waals surface area contributed by atoms with Gasteiger partial charge >= 0.3 is 13.7 Å². The van der Waals surface area contributed by atoms with Gasteiger partial charge in [-0.15, -0.1) is 0 Å². The summed E-state index contributed by atoms with van der Waals surface area (Å²) >= 11 is 1.06. The Morgan fingerprint density at radius 3 is 2.59 bits per heavy atom. The van der Waals surface area contributed by atoms with Gasteiger partial charge < -0.3 is 19.4 Å². The van der Waals surface area contributed by atoms with Crippen LogP contribution in [0.3, 0.4) is 0 Å². The van der Waals surface area contributed by atoms with Crippen LogP contribution in [-0.4, -0.2) is 74.3 Å². The zero-order valence-electron chi connectivity index (χ0n) is 18.4. The van der Waals surface area contributed by atoms with Gasteiger partial charge in [-0.25, -0.2) is 14.2 Å². The third-order valence-electron chi connectivity index (χ3n) is 5.63. The van der Waals surface area contributed by atoms with Crippen molar-refractivity contribution in [1.29, 1.82) is 0 Å². The quantitative estimate of drug-likeness (QED) is 0.462. The van der Waals surface area contributed by atoms with E-state index in [0.29, 0.717) is 36.9 Å². The van der Waals surface area contributed by atoms with Crippen molar-refractivity contribution in [2.24, 2.45) is 4.99 Å². The van der Waals surface area contributed by atoms with Gasteiger partial charge in [0.25, 0.3) is 5.91 Å². The number of carbonyl (C=O) groups is 2. The van der Waals surface area contributed by atoms with Gasteiger partial charge in [-0.1, -0.05) is 0 Å². The molecule has 3 heterocycles. The molecule has 0 saturated carbocycles. The first-order valence-corrected chi connectivity index (χ1v) is 13.7. The first kappa shape index (κ1) is 24.9. The van der Waals surface area contributed by atoms with E-state index in [0.717, 1.165) is 49.9 Å². The number of halogens is 1. The Balaban J connectivity index is 1.52. The van der Waals surface area contributed by atoms with E-state index >= 15 is 0 Å². The van der Waals surface area contributed by atoms with Crippen molar-refractivity contribution in [3.63, 3.8) is 0 Å². The van der Waals surface area contributed by atoms with Gasteiger partial charge in [-0.2, -0.15) is 4.99 Å². The van der Waals surface area contributed by atoms with E-state index in [1.807, 2.05) is 0 Å². The van der Waals surface area contributed by atoms with E-state index in [9.17, 15) is 28.3 Å². The average molecular weight is 513 g/mol. The van der Waals surface area contributed by atoms with Crippen molar-refractivity contribution < 1.29 is 33.1 Å². The number of aliphatic imine (C=N–C) groups is 1. The molecule has 1 aromatic rings. The topological polar surface area (TPSA) is 123 Å². The van der Waals surface area contributed by atoms with Gasteiger partial charge in [0.2, 0.25) is 0 Å². The Morgan fingerprint density at radius 2 is 1.85 bits per heavy atom. The minimum absolute atomic E-state index is 0.00558. The van der Waals surface area contributed by atoms with Gasteiger partial charge in [0.05, 0.1) is 4.91 Å². The maximum atomic E-state index is 13.9. The molecule has 1 aromatic carbocycles. The monoisotopic (exact) mass is 512 g/mol. The van der Waals surface area contributed by atoms with Crippen LogP contribution in [0.5, 0.6) is 5.75 Å². The number of nitrogens with zero attached hydrogens (tertiary/aromatic N) is 4. The zero-order valence-corrected chi connectivity index (χ0v) is 20.1. The molecule has 2 saturated heterocycles. The van der Waals surface area contributed by atoms with Crippen LogP contribution in [0, 0.1) is 5.82 Å². The van der Waals surface area contributed by atoms with E-state index in [1.165, 1.54) is 23.2 Å². The number of ether oxygens (including phenoxy) is 1. The number of hydrogen-bond acceptors (Lipinski definition) is 7. The van der Waals surface area contributed by atoms with Crippen LogP contribution in [0.2, 0.25) is 0 Å². The van der Waals surface area contributed by atoms with Crippen LogP contribution < -0.4 is 4.74 Å². The van der Waals surface area contributed by atoms with E-state index in [4.69, 9.17) is 4.74 Å². The highest BCUT2D eigenvalue weighted by molar-refractivity contribution is 8.18. The molecule has 2 amide bonds. The molecule has 0 spiro atoms. The van der Waals surface area contributed by atoms with E-state index < -0.39 is 31.7 Å². The average Bonchev–Trinajstić information content (AvgIpc) is 3.15. The largest absolute Gasteiger partial charge is 0.415 e. The Kier molecular flexibility index (Phi) is 7.73. The molecule has 13 heteroatoms. The molecule has 10 nitrogen and oxygen atoms in total. The highest BCUT2D eigenvalue weighted by Gasteiger charge is 2.34. The molecule has 0 aromatic heterocycles. The van der Waals surface area contributed by atoms with Crippen molar-refractivity contribution in [2.45, 2.75) is 32.1 Å². The second-order valence-corrected chi connectivity index (χ2v) is 10.9. The fourth-order valence-corrected chi connectivity index (χ4v) is 5.67. The smallest absolute Gasteiger partial charge is 0.409 e. The molecule has 2 N–H and O–H groups in total. The Hall–Kier alpha value is -2.24. The minimum Gasteiger partial charge on any atom is -0.409 e. The van der Waals surface area contributed by atoms with Crippen LogP contribution >= 0.6 is 19.4 Å². The Morgan fingerprint density at radius 1 is 1.15 bits per heavy atom. The summed E-state index contributed by atoms with van der Waals surface area (Å²) in [5.74, 6) is -1.10. The van der Waals surface area contributed by atoms with E-state index in [1.54, 1.807) is 9.91 Å². The van der Waals surface area contributed by atoms with Gasteiger partial charge in [0, 0.05) is 37.8 Å². The molecule has 184 valence electrons. The third kappa shape index (κ3) is 6.25. The Labute approximate surface area is 200 Å². The van der Waals surface area contributed by atoms with Gasteiger partial charge in [-0.05, 0) is 62.1 Å². The summed E-state index contributed by atoms with van der Waals surface area (Å²) in [5.41, 5.74) is 0.352. The molecule has 0 unspecified atom stereocenters. The SMILES string of the molecule is O=C1N=C(N2CCCCN2CP(=O)(O)O)S/C1=C\c1ccc(F)cc1OC(=O)N1CCCCC1. The summed E-state index contributed by atoms with van der Waals surface area (Å²) in [6.45, 7) is 2.07. The Bertz CT molecular complexity index is 1070. The van der Waals surface area contributed by atoms with Crippen LogP contribution in [0.4, 0.5) is 9.18 Å². The summed E-state index contributed by atoms with van der Waals surface area (Å²) in [7, 11) is -4.30. The summed E-state index contributed by atoms with van der Waals surface area (Å²) < 4.78 is 30.9. The number of amidine groups is 1. The molecule has 0 bridgehead atoms. The van der Waals surface area contributed by atoms with Crippen molar-refractivity contribution >= 4 is 42.6 Å². The zero-order chi connectivity index (χ0) is 24.3. The standard InChI is InChI=1S/C21H26FN4O6PS/c22-16-7-6-15(17(13-16)32-21(28)24-8-2-1-3-9-24)12-18-19(27)23-20(34-18)26-11-5-4-10-25(26)14-33(29,30)31/h6-7,12-13H,1-5,8-11,14H2,(H2,29,30,31)/b18-12-. The number of benzene rings is 1. The third-order valence-corrected chi connectivity index (χ3v) is 7.32. The number of piperidine rings is 1. The number of hydrazine groups is 1. The fourth-order valence-electron chi connectivity index (χ4n) is 3.99. The first-order chi connectivity index (χ1) is 16.2. The molecule has 0 radical (unpaired) electrons. The molecule has 0 aliphatic carbocycles. The molecule has 4 rings (SSSR count). The fraction of sp³-hybridized carbons (Fsp3) is 0.476. The first-order valence-electron chi connectivity index (χ1n) is 11.1. The van der Waals surface area contributed by atoms with Crippen LogP contribution in [0.25, 0.3) is 6.08 Å². The van der Waals surface area contributed by atoms with Gasteiger partial charge in [0.15, 0.2) is 5.17 Å². The molecule has 34 heavy (non-hydrogen) atoms. The predicted molar refractivity (Wildman–Crippen MR) is 125 cm³/mol. The molecular weight excluding hydrogens is 486 g/mol. The van der Waals surface area contributed by atoms with Crippen molar-refractivity contribution in [3.8, 4) is 5.75 Å². The lowest BCUT2D eigenvalue weighted by Crippen LogP contribution is -2.49. The highest BCUT2D eigenvalue weighted by Crippen LogP contribution is 2.39. The molecule has 2 fully saturated rings. The molecule has 3 aliphatic rings. The van der Waals surface area contributed by atoms with Crippen molar-refractivity contribution in [1.82, 2.24) is 14.9 Å². The summed E-state index contributed by atoms with van der Waals surface area (Å²) in [4.78, 5) is 49.8. The maximum absolute atomic E-state index is 13.9. The van der Waals surface area contributed by atoms with Crippen LogP contribution in [0.15, 0.2) is 28.1 Å². The second-order valence-electron chi connectivity index (χ2n) is 8.27. The number of likely N-dealkylation sites (tertiary alicyclic amines) is 1. The van der Waals surface area contributed by atoms with Gasteiger partial charge in [0.1, 0.15) is 17.9 Å². The van der Waals surface area contributed by atoms with Crippen molar-refractivity contribution in [2.75, 3.05) is 32.5 Å². The minimum atomic E-state index is -4.30. The lowest BCUT2D eigenvalue weighted by Gasteiger charge is -2.39. The number of thioether (sulfide) groups is 1. The number of carbonyl (C=O) groups excluding carboxylic acids is 2. The molecule has 0 atom stereocenters.